The van der Waals surface area contributed by atoms with Gasteiger partial charge in [-0.15, -0.1) is 0 Å². The molecule has 0 aliphatic carbocycles. The Hall–Kier alpha value is 1.60. The number of rotatable bonds is 3. The van der Waals surface area contributed by atoms with Crippen LogP contribution in [0.1, 0.15) is 40.0 Å². The van der Waals surface area contributed by atoms with Crippen LogP contribution in [0.3, 0.4) is 0 Å². The van der Waals surface area contributed by atoms with Crippen LogP contribution in [-0.4, -0.2) is 62.1 Å². The van der Waals surface area contributed by atoms with E-state index in [4.69, 9.17) is 0 Å². The molecule has 9 heavy (non-hydrogen) atoms. The van der Waals surface area contributed by atoms with Crippen molar-refractivity contribution in [2.45, 2.75) is 45.6 Å². The van der Waals surface area contributed by atoms with Crippen molar-refractivity contribution >= 4 is 51.4 Å². The molecule has 0 radical (unpaired) electrons. The van der Waals surface area contributed by atoms with Crippen LogP contribution in [0.4, 0.5) is 0 Å². The third kappa shape index (κ3) is 4.93. The van der Waals surface area contributed by atoms with E-state index in [0.29, 0.717) is 0 Å². The fourth-order valence-electron chi connectivity index (χ4n) is 0.750. The first kappa shape index (κ1) is 13.2. The van der Waals surface area contributed by atoms with Gasteiger partial charge in [-0.1, -0.05) is 20.8 Å². The molecule has 0 fully saturated rings. The maximum atomic E-state index is 9.44. The first-order chi connectivity index (χ1) is 3.68. The quantitative estimate of drug-likeness (QED) is 0.611. The van der Waals surface area contributed by atoms with Crippen LogP contribution in [0.25, 0.3) is 0 Å². The summed E-state index contributed by atoms with van der Waals surface area (Å²) in [5.41, 5.74) is -0.375. The van der Waals surface area contributed by atoms with Gasteiger partial charge in [-0.3, -0.25) is 0 Å². The molecule has 0 aromatic heterocycles. The SMILES string of the molecule is CCC(O)(CC)CC.[KH]. The maximum absolute atomic E-state index is 9.44. The third-order valence-electron chi connectivity index (χ3n) is 1.97. The molecule has 0 aromatic rings. The molecule has 1 nitrogen and oxygen atoms in total. The summed E-state index contributed by atoms with van der Waals surface area (Å²) >= 11 is 0. The van der Waals surface area contributed by atoms with Crippen LogP contribution in [-0.2, 0) is 0 Å². The second-order valence-electron chi connectivity index (χ2n) is 2.29. The van der Waals surface area contributed by atoms with Gasteiger partial charge in [0.05, 0.1) is 5.60 Å². The van der Waals surface area contributed by atoms with Crippen molar-refractivity contribution in [1.82, 2.24) is 0 Å². The standard InChI is InChI=1S/C7H16O.K.H/c1-4-7(8,5-2)6-3;;/h8H,4-6H2,1-3H3;;. The van der Waals surface area contributed by atoms with E-state index in [-0.39, 0.29) is 57.0 Å². The van der Waals surface area contributed by atoms with E-state index in [0.717, 1.165) is 19.3 Å². The molecule has 0 rings (SSSR count). The van der Waals surface area contributed by atoms with Crippen LogP contribution in [0.5, 0.6) is 0 Å². The van der Waals surface area contributed by atoms with Crippen LogP contribution in [0.15, 0.2) is 0 Å². The Morgan fingerprint density at radius 2 is 1.22 bits per heavy atom. The second kappa shape index (κ2) is 6.32. The van der Waals surface area contributed by atoms with E-state index in [1.807, 2.05) is 20.8 Å². The molecule has 0 aromatic carbocycles. The Balaban J connectivity index is 0. The Labute approximate surface area is 101 Å². The zero-order valence-electron chi connectivity index (χ0n) is 6.07. The van der Waals surface area contributed by atoms with E-state index in [9.17, 15) is 5.11 Å². The van der Waals surface area contributed by atoms with Crippen LogP contribution in [0, 0.1) is 0 Å². The molecule has 0 bridgehead atoms. The van der Waals surface area contributed by atoms with Crippen molar-refractivity contribution in [3.63, 3.8) is 0 Å². The van der Waals surface area contributed by atoms with Crippen LogP contribution in [0.2, 0.25) is 0 Å². The van der Waals surface area contributed by atoms with Gasteiger partial charge in [0.15, 0.2) is 0 Å². The third-order valence-corrected chi connectivity index (χ3v) is 1.97. The average Bonchev–Trinajstić information content (AvgIpc) is 1.87. The summed E-state index contributed by atoms with van der Waals surface area (Å²) in [6.45, 7) is 6.06. The predicted octanol–water partition coefficient (Wildman–Crippen LogP) is 1.30. The van der Waals surface area contributed by atoms with Gasteiger partial charge in [-0.05, 0) is 19.3 Å². The summed E-state index contributed by atoms with van der Waals surface area (Å²) in [6.07, 6.45) is 2.62. The molecule has 0 heterocycles. The predicted molar refractivity (Wildman–Crippen MR) is 43.0 cm³/mol. The van der Waals surface area contributed by atoms with Gasteiger partial charge in [-0.2, -0.15) is 0 Å². The van der Waals surface area contributed by atoms with E-state index in [1.165, 1.54) is 0 Å². The number of hydrogen-bond acceptors (Lipinski definition) is 1. The Bertz CT molecular complexity index is 51.7. The summed E-state index contributed by atoms with van der Waals surface area (Å²) in [7, 11) is 0. The molecular weight excluding hydrogens is 139 g/mol. The van der Waals surface area contributed by atoms with Crippen molar-refractivity contribution in [3.05, 3.63) is 0 Å². The van der Waals surface area contributed by atoms with Gasteiger partial charge in [0.2, 0.25) is 0 Å². The van der Waals surface area contributed by atoms with E-state index >= 15 is 0 Å². The molecule has 0 unspecified atom stereocenters. The summed E-state index contributed by atoms with van der Waals surface area (Å²) in [5, 5.41) is 9.44. The zero-order valence-corrected chi connectivity index (χ0v) is 6.07. The minimum absolute atomic E-state index is 0. The molecule has 0 atom stereocenters. The summed E-state index contributed by atoms with van der Waals surface area (Å²) in [5.74, 6) is 0. The zero-order chi connectivity index (χ0) is 6.62. The molecule has 0 saturated carbocycles. The molecule has 0 aliphatic heterocycles. The molecule has 0 saturated heterocycles. The fraction of sp³-hybridized carbons (Fsp3) is 1.00. The molecule has 52 valence electrons. The average molecular weight is 156 g/mol. The first-order valence-corrected chi connectivity index (χ1v) is 3.41. The summed E-state index contributed by atoms with van der Waals surface area (Å²) < 4.78 is 0. The van der Waals surface area contributed by atoms with Gasteiger partial charge in [0, 0.05) is 0 Å². The topological polar surface area (TPSA) is 20.2 Å². The number of hydrogen-bond donors (Lipinski definition) is 1. The van der Waals surface area contributed by atoms with Crippen molar-refractivity contribution in [1.29, 1.82) is 0 Å². The molecule has 0 amide bonds. The summed E-state index contributed by atoms with van der Waals surface area (Å²) in [4.78, 5) is 0. The van der Waals surface area contributed by atoms with Crippen molar-refractivity contribution in [2.24, 2.45) is 0 Å². The van der Waals surface area contributed by atoms with E-state index in [1.54, 1.807) is 0 Å². The van der Waals surface area contributed by atoms with Gasteiger partial charge < -0.3 is 5.11 Å². The van der Waals surface area contributed by atoms with Gasteiger partial charge >= 0.3 is 51.4 Å². The van der Waals surface area contributed by atoms with Crippen LogP contribution < -0.4 is 0 Å². The van der Waals surface area contributed by atoms with Crippen molar-refractivity contribution in [3.8, 4) is 0 Å². The molecular formula is C7H17KO. The van der Waals surface area contributed by atoms with Crippen LogP contribution >= 0.6 is 0 Å². The molecule has 2 heteroatoms. The Morgan fingerprint density at radius 1 is 1.00 bits per heavy atom. The van der Waals surface area contributed by atoms with Crippen molar-refractivity contribution < 1.29 is 5.11 Å². The van der Waals surface area contributed by atoms with E-state index in [2.05, 4.69) is 0 Å². The fourth-order valence-corrected chi connectivity index (χ4v) is 0.750. The van der Waals surface area contributed by atoms with Gasteiger partial charge in [0.25, 0.3) is 0 Å². The Morgan fingerprint density at radius 3 is 1.22 bits per heavy atom. The number of aliphatic hydroxyl groups is 1. The minimum atomic E-state index is -0.375. The van der Waals surface area contributed by atoms with Gasteiger partial charge in [-0.25, -0.2) is 0 Å². The second-order valence-corrected chi connectivity index (χ2v) is 2.29. The molecule has 0 aliphatic rings. The molecule has 0 spiro atoms. The van der Waals surface area contributed by atoms with Crippen molar-refractivity contribution in [2.75, 3.05) is 0 Å². The van der Waals surface area contributed by atoms with Gasteiger partial charge in [0.1, 0.15) is 0 Å². The van der Waals surface area contributed by atoms with E-state index < -0.39 is 0 Å². The normalized spacial score (nSPS) is 10.7. The Kier molecular flexibility index (Phi) is 9.27. The monoisotopic (exact) mass is 156 g/mol. The first-order valence-electron chi connectivity index (χ1n) is 3.41. The summed E-state index contributed by atoms with van der Waals surface area (Å²) in [6, 6.07) is 0. The molecule has 1 N–H and O–H groups in total.